The summed E-state index contributed by atoms with van der Waals surface area (Å²) in [6.45, 7) is 4.03. The molecule has 2 N–H and O–H groups in total. The van der Waals surface area contributed by atoms with E-state index >= 15 is 0 Å². The second kappa shape index (κ2) is 10.0. The van der Waals surface area contributed by atoms with E-state index in [0.717, 1.165) is 22.3 Å². The van der Waals surface area contributed by atoms with Crippen molar-refractivity contribution in [1.82, 2.24) is 0 Å². The van der Waals surface area contributed by atoms with Gasteiger partial charge in [0.05, 0.1) is 11.4 Å². The molecule has 3 rings (SSSR count). The van der Waals surface area contributed by atoms with Crippen LogP contribution in [0.1, 0.15) is 22.3 Å². The number of amides is 2. The molecule has 0 aromatic heterocycles. The van der Waals surface area contributed by atoms with Crippen molar-refractivity contribution >= 4 is 35.3 Å². The van der Waals surface area contributed by atoms with Crippen LogP contribution in [0, 0.1) is 13.8 Å². The lowest BCUT2D eigenvalue weighted by molar-refractivity contribution is -0.112. The van der Waals surface area contributed by atoms with Gasteiger partial charge in [0, 0.05) is 12.2 Å². The molecule has 0 unspecified atom stereocenters. The molecule has 4 heteroatoms. The molecule has 2 amide bonds. The molecule has 150 valence electrons. The normalized spacial score (nSPS) is 11.0. The second-order valence-corrected chi connectivity index (χ2v) is 7.01. The Kier molecular flexibility index (Phi) is 6.95. The minimum absolute atomic E-state index is 0.271. The fourth-order valence-electron chi connectivity index (χ4n) is 2.75. The maximum Gasteiger partial charge on any atom is 0.248 e. The third kappa shape index (κ3) is 6.31. The van der Waals surface area contributed by atoms with Crippen molar-refractivity contribution in [3.05, 3.63) is 107 Å². The minimum Gasteiger partial charge on any atom is -0.321 e. The van der Waals surface area contributed by atoms with Crippen LogP contribution in [0.25, 0.3) is 12.2 Å². The first kappa shape index (κ1) is 20.8. The zero-order valence-electron chi connectivity index (χ0n) is 17.1. The van der Waals surface area contributed by atoms with E-state index in [9.17, 15) is 9.59 Å². The number of hydrogen-bond donors (Lipinski definition) is 2. The number of carbonyl (C=O) groups is 2. The molecular formula is C26H24N2O2. The lowest BCUT2D eigenvalue weighted by Crippen LogP contribution is -2.13. The molecule has 0 saturated carbocycles. The number of benzene rings is 3. The lowest BCUT2D eigenvalue weighted by atomic mass is 10.1. The van der Waals surface area contributed by atoms with Crippen LogP contribution < -0.4 is 10.6 Å². The van der Waals surface area contributed by atoms with E-state index in [1.807, 2.05) is 62.4 Å². The van der Waals surface area contributed by atoms with Crippen molar-refractivity contribution in [1.29, 1.82) is 0 Å². The molecule has 0 radical (unpaired) electrons. The van der Waals surface area contributed by atoms with Gasteiger partial charge >= 0.3 is 0 Å². The van der Waals surface area contributed by atoms with E-state index in [-0.39, 0.29) is 11.8 Å². The molecule has 0 atom stereocenters. The average molecular weight is 396 g/mol. The first-order chi connectivity index (χ1) is 14.5. The van der Waals surface area contributed by atoms with Gasteiger partial charge in [0.15, 0.2) is 0 Å². The fraction of sp³-hybridized carbons (Fsp3) is 0.0769. The molecule has 0 aliphatic carbocycles. The van der Waals surface area contributed by atoms with Crippen molar-refractivity contribution in [2.75, 3.05) is 10.6 Å². The largest absolute Gasteiger partial charge is 0.321 e. The molecule has 3 aromatic carbocycles. The Balaban J connectivity index is 1.63. The third-order valence-corrected chi connectivity index (χ3v) is 4.45. The Bertz CT molecular complexity index is 990. The van der Waals surface area contributed by atoms with E-state index in [0.29, 0.717) is 11.4 Å². The summed E-state index contributed by atoms with van der Waals surface area (Å²) in [5.41, 5.74) is 5.29. The highest BCUT2D eigenvalue weighted by atomic mass is 16.2. The average Bonchev–Trinajstić information content (AvgIpc) is 2.74. The van der Waals surface area contributed by atoms with Crippen molar-refractivity contribution in [2.45, 2.75) is 13.8 Å². The first-order valence-corrected chi connectivity index (χ1v) is 9.70. The standard InChI is InChI=1S/C26H24N2O2/c1-19-7-11-21(12-8-19)15-17-25(29)27-23-5-3-4-6-24(23)28-26(30)18-16-22-13-9-20(2)10-14-22/h3-18H,1-2H3,(H,27,29)(H,28,30). The Morgan fingerprint density at radius 2 is 0.967 bits per heavy atom. The molecule has 4 nitrogen and oxygen atoms in total. The van der Waals surface area contributed by atoms with Gasteiger partial charge in [0.25, 0.3) is 0 Å². The number of para-hydroxylation sites is 2. The highest BCUT2D eigenvalue weighted by Crippen LogP contribution is 2.21. The van der Waals surface area contributed by atoms with Gasteiger partial charge in [-0.15, -0.1) is 0 Å². The van der Waals surface area contributed by atoms with Crippen LogP contribution in [-0.2, 0) is 9.59 Å². The molecular weight excluding hydrogens is 372 g/mol. The van der Waals surface area contributed by atoms with Crippen molar-refractivity contribution < 1.29 is 9.59 Å². The van der Waals surface area contributed by atoms with Crippen LogP contribution in [0.5, 0.6) is 0 Å². The molecule has 0 aliphatic rings. The van der Waals surface area contributed by atoms with E-state index in [1.165, 1.54) is 12.2 Å². The van der Waals surface area contributed by atoms with Crippen LogP contribution in [0.4, 0.5) is 11.4 Å². The van der Waals surface area contributed by atoms with Crippen LogP contribution in [0.3, 0.4) is 0 Å². The molecule has 0 spiro atoms. The number of anilines is 2. The Hall–Kier alpha value is -3.92. The van der Waals surface area contributed by atoms with Gasteiger partial charge in [-0.25, -0.2) is 0 Å². The first-order valence-electron chi connectivity index (χ1n) is 9.70. The SMILES string of the molecule is Cc1ccc(C=CC(=O)Nc2ccccc2NC(=O)C=Cc2ccc(C)cc2)cc1. The van der Waals surface area contributed by atoms with Gasteiger partial charge in [-0.3, -0.25) is 9.59 Å². The Morgan fingerprint density at radius 1 is 0.600 bits per heavy atom. The van der Waals surface area contributed by atoms with Gasteiger partial charge in [-0.05, 0) is 49.3 Å². The zero-order valence-corrected chi connectivity index (χ0v) is 17.1. The number of nitrogens with one attached hydrogen (secondary N) is 2. The van der Waals surface area contributed by atoms with Crippen molar-refractivity contribution in [2.24, 2.45) is 0 Å². The summed E-state index contributed by atoms with van der Waals surface area (Å²) in [6, 6.07) is 22.9. The molecule has 0 fully saturated rings. The maximum absolute atomic E-state index is 12.3. The van der Waals surface area contributed by atoms with Crippen LogP contribution in [0.2, 0.25) is 0 Å². The van der Waals surface area contributed by atoms with E-state index < -0.39 is 0 Å². The van der Waals surface area contributed by atoms with Gasteiger partial charge in [-0.1, -0.05) is 71.8 Å². The summed E-state index contributed by atoms with van der Waals surface area (Å²) in [5, 5.41) is 5.63. The predicted octanol–water partition coefficient (Wildman–Crippen LogP) is 5.61. The molecule has 0 bridgehead atoms. The van der Waals surface area contributed by atoms with Crippen LogP contribution in [0.15, 0.2) is 84.9 Å². The summed E-state index contributed by atoms with van der Waals surface area (Å²) in [6.07, 6.45) is 6.45. The summed E-state index contributed by atoms with van der Waals surface area (Å²) < 4.78 is 0. The van der Waals surface area contributed by atoms with E-state index in [4.69, 9.17) is 0 Å². The maximum atomic E-state index is 12.3. The topological polar surface area (TPSA) is 58.2 Å². The number of hydrogen-bond acceptors (Lipinski definition) is 2. The highest BCUT2D eigenvalue weighted by molar-refractivity contribution is 6.07. The van der Waals surface area contributed by atoms with Crippen LogP contribution in [-0.4, -0.2) is 11.8 Å². The quantitative estimate of drug-likeness (QED) is 0.532. The van der Waals surface area contributed by atoms with Gasteiger partial charge in [0.2, 0.25) is 11.8 Å². The van der Waals surface area contributed by atoms with E-state index in [1.54, 1.807) is 36.4 Å². The lowest BCUT2D eigenvalue weighted by Gasteiger charge is -2.10. The number of carbonyl (C=O) groups excluding carboxylic acids is 2. The van der Waals surface area contributed by atoms with Crippen molar-refractivity contribution in [3.8, 4) is 0 Å². The van der Waals surface area contributed by atoms with Gasteiger partial charge in [0.1, 0.15) is 0 Å². The Labute approximate surface area is 177 Å². The highest BCUT2D eigenvalue weighted by Gasteiger charge is 2.06. The Morgan fingerprint density at radius 3 is 1.33 bits per heavy atom. The third-order valence-electron chi connectivity index (χ3n) is 4.45. The summed E-state index contributed by atoms with van der Waals surface area (Å²) in [5.74, 6) is -0.542. The fourth-order valence-corrected chi connectivity index (χ4v) is 2.75. The number of aryl methyl sites for hydroxylation is 2. The second-order valence-electron chi connectivity index (χ2n) is 7.01. The van der Waals surface area contributed by atoms with E-state index in [2.05, 4.69) is 10.6 Å². The summed E-state index contributed by atoms with van der Waals surface area (Å²) in [7, 11) is 0. The number of rotatable bonds is 6. The molecule has 3 aromatic rings. The van der Waals surface area contributed by atoms with Gasteiger partial charge in [-0.2, -0.15) is 0 Å². The summed E-state index contributed by atoms with van der Waals surface area (Å²) >= 11 is 0. The predicted molar refractivity (Wildman–Crippen MR) is 124 cm³/mol. The van der Waals surface area contributed by atoms with Gasteiger partial charge < -0.3 is 10.6 Å². The minimum atomic E-state index is -0.271. The zero-order chi connectivity index (χ0) is 21.3. The monoisotopic (exact) mass is 396 g/mol. The molecule has 30 heavy (non-hydrogen) atoms. The molecule has 0 heterocycles. The molecule has 0 aliphatic heterocycles. The summed E-state index contributed by atoms with van der Waals surface area (Å²) in [4.78, 5) is 24.6. The molecule has 0 saturated heterocycles. The van der Waals surface area contributed by atoms with Crippen LogP contribution >= 0.6 is 0 Å². The smallest absolute Gasteiger partial charge is 0.248 e. The van der Waals surface area contributed by atoms with Crippen molar-refractivity contribution in [3.63, 3.8) is 0 Å².